The standard InChI is InChI=1S/C31H39ClN4O2S/c1-2-34-16-18-35(19-17-34)15-14-33-30(37)25-12-10-23(11-13-25)21-29-31(38)36(22-24-6-5-7-26(32)20-24)27-8-3-4-9-28(27)39-29/h5-7,10-13,20-21,27-28H,2-4,8-9,14-19,22H2,1H3,(H,33,37)/b29-21+. The third kappa shape index (κ3) is 7.26. The van der Waals surface area contributed by atoms with Gasteiger partial charge in [0.05, 0.1) is 4.91 Å². The van der Waals surface area contributed by atoms with E-state index in [1.54, 1.807) is 11.8 Å². The summed E-state index contributed by atoms with van der Waals surface area (Å²) in [6.07, 6.45) is 6.54. The van der Waals surface area contributed by atoms with Gasteiger partial charge in [0.1, 0.15) is 0 Å². The molecule has 2 aromatic rings. The van der Waals surface area contributed by atoms with Crippen LogP contribution in [0.15, 0.2) is 53.4 Å². The van der Waals surface area contributed by atoms with Crippen LogP contribution in [0.3, 0.4) is 0 Å². The summed E-state index contributed by atoms with van der Waals surface area (Å²) in [6.45, 7) is 9.71. The third-order valence-electron chi connectivity index (χ3n) is 8.16. The molecule has 2 atom stereocenters. The summed E-state index contributed by atoms with van der Waals surface area (Å²) in [6, 6.07) is 15.6. The Morgan fingerprint density at radius 3 is 2.54 bits per heavy atom. The number of nitrogens with one attached hydrogen (secondary N) is 1. The maximum atomic E-state index is 13.7. The molecular weight excluding hydrogens is 528 g/mol. The van der Waals surface area contributed by atoms with Crippen molar-refractivity contribution in [1.82, 2.24) is 20.0 Å². The fraction of sp³-hybridized carbons (Fsp3) is 0.484. The molecule has 1 saturated carbocycles. The van der Waals surface area contributed by atoms with Crippen molar-refractivity contribution < 1.29 is 9.59 Å². The van der Waals surface area contributed by atoms with Gasteiger partial charge in [0.2, 0.25) is 0 Å². The van der Waals surface area contributed by atoms with E-state index in [-0.39, 0.29) is 17.9 Å². The van der Waals surface area contributed by atoms with Crippen LogP contribution >= 0.6 is 23.4 Å². The second-order valence-electron chi connectivity index (χ2n) is 10.7. The molecule has 0 spiro atoms. The SMILES string of the molecule is CCN1CCN(CCNC(=O)c2ccc(/C=C3/SC4CCCCC4N(Cc4cccc(Cl)c4)C3=O)cc2)CC1. The minimum Gasteiger partial charge on any atom is -0.351 e. The van der Waals surface area contributed by atoms with Crippen molar-refractivity contribution >= 4 is 41.3 Å². The zero-order valence-corrected chi connectivity index (χ0v) is 24.4. The van der Waals surface area contributed by atoms with E-state index in [1.807, 2.05) is 54.6 Å². The van der Waals surface area contributed by atoms with Crippen molar-refractivity contribution in [2.75, 3.05) is 45.8 Å². The number of benzene rings is 2. The van der Waals surface area contributed by atoms with Crippen LogP contribution in [-0.4, -0.2) is 83.6 Å². The summed E-state index contributed by atoms with van der Waals surface area (Å²) in [4.78, 5) is 34.1. The molecule has 1 N–H and O–H groups in total. The topological polar surface area (TPSA) is 55.9 Å². The Bertz CT molecular complexity index is 1180. The van der Waals surface area contributed by atoms with Crippen LogP contribution in [0.5, 0.6) is 0 Å². The Labute approximate surface area is 241 Å². The number of fused-ring (bicyclic) bond motifs is 1. The lowest BCUT2D eigenvalue weighted by molar-refractivity contribution is -0.130. The molecule has 5 rings (SSSR count). The van der Waals surface area contributed by atoms with Crippen molar-refractivity contribution in [2.24, 2.45) is 0 Å². The van der Waals surface area contributed by atoms with Crippen molar-refractivity contribution in [2.45, 2.75) is 50.4 Å². The number of hydrogen-bond acceptors (Lipinski definition) is 5. The number of thioether (sulfide) groups is 1. The fourth-order valence-corrected chi connectivity index (χ4v) is 7.52. The molecule has 0 radical (unpaired) electrons. The zero-order valence-electron chi connectivity index (χ0n) is 22.8. The van der Waals surface area contributed by atoms with Crippen molar-refractivity contribution in [3.8, 4) is 0 Å². The highest BCUT2D eigenvalue weighted by molar-refractivity contribution is 8.04. The molecule has 2 unspecified atom stereocenters. The molecule has 2 saturated heterocycles. The maximum Gasteiger partial charge on any atom is 0.260 e. The van der Waals surface area contributed by atoms with Crippen LogP contribution in [0.4, 0.5) is 0 Å². The average Bonchev–Trinajstić information content (AvgIpc) is 2.96. The first-order valence-electron chi connectivity index (χ1n) is 14.3. The average molecular weight is 567 g/mol. The second kappa shape index (κ2) is 13.4. The van der Waals surface area contributed by atoms with Gasteiger partial charge in [0, 0.05) is 67.7 Å². The normalized spacial score (nSPS) is 23.6. The Morgan fingerprint density at radius 1 is 1.05 bits per heavy atom. The van der Waals surface area contributed by atoms with E-state index >= 15 is 0 Å². The van der Waals surface area contributed by atoms with Gasteiger partial charge in [-0.15, -0.1) is 11.8 Å². The van der Waals surface area contributed by atoms with E-state index in [0.29, 0.717) is 28.9 Å². The summed E-state index contributed by atoms with van der Waals surface area (Å²) in [7, 11) is 0. The van der Waals surface area contributed by atoms with Gasteiger partial charge in [0.25, 0.3) is 11.8 Å². The minimum atomic E-state index is -0.0535. The summed E-state index contributed by atoms with van der Waals surface area (Å²) >= 11 is 7.96. The van der Waals surface area contributed by atoms with Crippen LogP contribution in [0.2, 0.25) is 5.02 Å². The quantitative estimate of drug-likeness (QED) is 0.449. The van der Waals surface area contributed by atoms with Gasteiger partial charge in [0.15, 0.2) is 0 Å². The number of halogens is 1. The molecule has 8 heteroatoms. The molecule has 2 heterocycles. The molecule has 3 fully saturated rings. The first kappa shape index (κ1) is 28.2. The molecule has 2 aromatic carbocycles. The van der Waals surface area contributed by atoms with E-state index in [9.17, 15) is 9.59 Å². The molecule has 0 aromatic heterocycles. The molecule has 3 aliphatic rings. The van der Waals surface area contributed by atoms with Crippen LogP contribution in [0, 0.1) is 0 Å². The Kier molecular flexibility index (Phi) is 9.66. The minimum absolute atomic E-state index is 0.0535. The number of amides is 2. The molecular formula is C31H39ClN4O2S. The third-order valence-corrected chi connectivity index (χ3v) is 9.79. The molecule has 2 aliphatic heterocycles. The van der Waals surface area contributed by atoms with Crippen LogP contribution < -0.4 is 5.32 Å². The fourth-order valence-electron chi connectivity index (χ4n) is 5.83. The number of rotatable bonds is 8. The van der Waals surface area contributed by atoms with Gasteiger partial charge in [-0.2, -0.15) is 0 Å². The number of carbonyl (C=O) groups is 2. The summed E-state index contributed by atoms with van der Waals surface area (Å²) in [5.41, 5.74) is 2.64. The molecule has 0 bridgehead atoms. The number of nitrogens with zero attached hydrogens (tertiary/aromatic N) is 3. The number of likely N-dealkylation sites (N-methyl/N-ethyl adjacent to an activating group) is 1. The smallest absolute Gasteiger partial charge is 0.260 e. The molecule has 208 valence electrons. The number of carbonyl (C=O) groups excluding carboxylic acids is 2. The van der Waals surface area contributed by atoms with Gasteiger partial charge in [-0.3, -0.25) is 14.5 Å². The second-order valence-corrected chi connectivity index (χ2v) is 12.5. The van der Waals surface area contributed by atoms with Crippen LogP contribution in [0.25, 0.3) is 6.08 Å². The lowest BCUT2D eigenvalue weighted by Crippen LogP contribution is -2.50. The highest BCUT2D eigenvalue weighted by atomic mass is 35.5. The monoisotopic (exact) mass is 566 g/mol. The largest absolute Gasteiger partial charge is 0.351 e. The Hall–Kier alpha value is -2.32. The lowest BCUT2D eigenvalue weighted by Gasteiger charge is -2.44. The van der Waals surface area contributed by atoms with E-state index in [2.05, 4.69) is 26.9 Å². The zero-order chi connectivity index (χ0) is 27.2. The van der Waals surface area contributed by atoms with E-state index in [4.69, 9.17) is 11.6 Å². The molecule has 1 aliphatic carbocycles. The lowest BCUT2D eigenvalue weighted by atomic mass is 9.92. The summed E-state index contributed by atoms with van der Waals surface area (Å²) < 4.78 is 0. The van der Waals surface area contributed by atoms with Gasteiger partial charge in [-0.1, -0.05) is 55.6 Å². The van der Waals surface area contributed by atoms with Crippen LogP contribution in [0.1, 0.15) is 54.1 Å². The van der Waals surface area contributed by atoms with Gasteiger partial charge in [-0.05, 0) is 60.9 Å². The van der Waals surface area contributed by atoms with E-state index < -0.39 is 0 Å². The van der Waals surface area contributed by atoms with Gasteiger partial charge in [-0.25, -0.2) is 0 Å². The predicted octanol–water partition coefficient (Wildman–Crippen LogP) is 5.14. The van der Waals surface area contributed by atoms with Crippen LogP contribution in [-0.2, 0) is 11.3 Å². The first-order valence-corrected chi connectivity index (χ1v) is 15.5. The van der Waals surface area contributed by atoms with Gasteiger partial charge >= 0.3 is 0 Å². The summed E-state index contributed by atoms with van der Waals surface area (Å²) in [5.74, 6) is 0.0342. The molecule has 2 amide bonds. The number of piperazine rings is 1. The molecule has 6 nitrogen and oxygen atoms in total. The summed E-state index contributed by atoms with van der Waals surface area (Å²) in [5, 5.41) is 4.17. The number of hydrogen-bond donors (Lipinski definition) is 1. The van der Waals surface area contributed by atoms with E-state index in [1.165, 1.54) is 12.8 Å². The van der Waals surface area contributed by atoms with Gasteiger partial charge < -0.3 is 15.1 Å². The van der Waals surface area contributed by atoms with E-state index in [0.717, 1.165) is 68.1 Å². The Balaban J connectivity index is 1.21. The van der Waals surface area contributed by atoms with Crippen molar-refractivity contribution in [3.05, 3.63) is 75.1 Å². The first-order chi connectivity index (χ1) is 19.0. The highest BCUT2D eigenvalue weighted by Gasteiger charge is 2.40. The maximum absolute atomic E-state index is 13.7. The predicted molar refractivity (Wildman–Crippen MR) is 161 cm³/mol. The molecule has 39 heavy (non-hydrogen) atoms. The highest BCUT2D eigenvalue weighted by Crippen LogP contribution is 2.42. The van der Waals surface area contributed by atoms with Crippen molar-refractivity contribution in [3.63, 3.8) is 0 Å². The van der Waals surface area contributed by atoms with Crippen molar-refractivity contribution in [1.29, 1.82) is 0 Å². The Morgan fingerprint density at radius 2 is 1.79 bits per heavy atom.